The predicted octanol–water partition coefficient (Wildman–Crippen LogP) is 2.73. The van der Waals surface area contributed by atoms with Gasteiger partial charge in [0.05, 0.1) is 0 Å². The van der Waals surface area contributed by atoms with Crippen molar-refractivity contribution in [2.24, 2.45) is 0 Å². The van der Waals surface area contributed by atoms with Crippen LogP contribution < -0.4 is 14.8 Å². The summed E-state index contributed by atoms with van der Waals surface area (Å²) >= 11 is 0. The Hall–Kier alpha value is -1.30. The fraction of sp³-hybridized carbons (Fsp3) is 0.647. The summed E-state index contributed by atoms with van der Waals surface area (Å²) in [5.74, 6) is 1.72. The van der Waals surface area contributed by atoms with Gasteiger partial charge in [-0.2, -0.15) is 0 Å². The van der Waals surface area contributed by atoms with Gasteiger partial charge in [0.15, 0.2) is 17.8 Å². The van der Waals surface area contributed by atoms with Crippen LogP contribution in [0.3, 0.4) is 0 Å². The van der Waals surface area contributed by atoms with Crippen molar-refractivity contribution in [3.63, 3.8) is 0 Å². The van der Waals surface area contributed by atoms with Crippen LogP contribution in [-0.2, 0) is 16.0 Å². The fourth-order valence-electron chi connectivity index (χ4n) is 2.48. The Morgan fingerprint density at radius 2 is 1.91 bits per heavy atom. The maximum Gasteiger partial charge on any atom is 0.165 e. The van der Waals surface area contributed by atoms with Gasteiger partial charge in [-0.15, -0.1) is 0 Å². The first-order chi connectivity index (χ1) is 10.8. The fourth-order valence-corrected chi connectivity index (χ4v) is 2.48. The number of hydrogen-bond donors (Lipinski definition) is 1. The summed E-state index contributed by atoms with van der Waals surface area (Å²) < 4.78 is 22.4. The number of para-hydroxylation sites is 1. The summed E-state index contributed by atoms with van der Waals surface area (Å²) in [6.07, 6.45) is 1.83. The highest BCUT2D eigenvalue weighted by Crippen LogP contribution is 2.33. The van der Waals surface area contributed by atoms with Crippen molar-refractivity contribution in [2.75, 3.05) is 33.0 Å². The molecule has 22 heavy (non-hydrogen) atoms. The van der Waals surface area contributed by atoms with Crippen molar-refractivity contribution in [3.8, 4) is 11.5 Å². The molecular weight excluding hydrogens is 282 g/mol. The first-order valence-electron chi connectivity index (χ1n) is 8.16. The topological polar surface area (TPSA) is 49.0 Å². The predicted molar refractivity (Wildman–Crippen MR) is 85.4 cm³/mol. The van der Waals surface area contributed by atoms with E-state index in [0.29, 0.717) is 26.4 Å². The Labute approximate surface area is 132 Å². The van der Waals surface area contributed by atoms with E-state index in [9.17, 15) is 0 Å². The lowest BCUT2D eigenvalue weighted by atomic mass is 10.1. The van der Waals surface area contributed by atoms with E-state index in [1.165, 1.54) is 0 Å². The third-order valence-electron chi connectivity index (χ3n) is 3.46. The van der Waals surface area contributed by atoms with Crippen molar-refractivity contribution in [2.45, 2.75) is 39.5 Å². The number of ether oxygens (including phenoxy) is 4. The molecule has 0 atom stereocenters. The van der Waals surface area contributed by atoms with Gasteiger partial charge < -0.3 is 24.3 Å². The molecule has 0 saturated carbocycles. The second kappa shape index (κ2) is 9.66. The van der Waals surface area contributed by atoms with Crippen LogP contribution in [0.4, 0.5) is 0 Å². The minimum absolute atomic E-state index is 0.0852. The lowest BCUT2D eigenvalue weighted by Crippen LogP contribution is -2.22. The molecule has 1 N–H and O–H groups in total. The van der Waals surface area contributed by atoms with E-state index in [2.05, 4.69) is 11.4 Å². The molecule has 5 nitrogen and oxygen atoms in total. The molecule has 1 aliphatic rings. The summed E-state index contributed by atoms with van der Waals surface area (Å²) in [5, 5.41) is 3.44. The molecule has 0 amide bonds. The molecule has 0 radical (unpaired) electrons. The maximum atomic E-state index is 5.71. The molecule has 0 aliphatic carbocycles. The molecule has 0 unspecified atom stereocenters. The summed E-state index contributed by atoms with van der Waals surface area (Å²) in [4.78, 5) is 0. The van der Waals surface area contributed by atoms with Gasteiger partial charge in [0.2, 0.25) is 0 Å². The average Bonchev–Trinajstić information content (AvgIpc) is 2.55. The normalized spacial score (nSPS) is 13.6. The largest absolute Gasteiger partial charge is 0.486 e. The maximum absolute atomic E-state index is 5.71. The molecule has 0 spiro atoms. The summed E-state index contributed by atoms with van der Waals surface area (Å²) in [7, 11) is 0. The summed E-state index contributed by atoms with van der Waals surface area (Å²) in [6, 6.07) is 6.03. The molecule has 1 heterocycles. The van der Waals surface area contributed by atoms with Crippen LogP contribution >= 0.6 is 0 Å². The van der Waals surface area contributed by atoms with E-state index < -0.39 is 0 Å². The average molecular weight is 309 g/mol. The lowest BCUT2D eigenvalue weighted by molar-refractivity contribution is -0.139. The first-order valence-corrected chi connectivity index (χ1v) is 8.16. The van der Waals surface area contributed by atoms with Crippen molar-refractivity contribution in [1.29, 1.82) is 0 Å². The summed E-state index contributed by atoms with van der Waals surface area (Å²) in [6.45, 7) is 8.29. The van der Waals surface area contributed by atoms with Crippen LogP contribution in [0, 0.1) is 0 Å². The minimum Gasteiger partial charge on any atom is -0.486 e. The van der Waals surface area contributed by atoms with Crippen LogP contribution in [0.5, 0.6) is 11.5 Å². The van der Waals surface area contributed by atoms with Crippen molar-refractivity contribution in [3.05, 3.63) is 23.8 Å². The van der Waals surface area contributed by atoms with Crippen LogP contribution in [0.25, 0.3) is 0 Å². The Bertz CT molecular complexity index is 433. The van der Waals surface area contributed by atoms with E-state index >= 15 is 0 Å². The lowest BCUT2D eigenvalue weighted by Gasteiger charge is -2.21. The SMILES string of the molecule is CCOC(CCCNCc1cccc2c1OCCO2)OCC. The molecular formula is C17H27NO4. The Morgan fingerprint density at radius 3 is 2.68 bits per heavy atom. The van der Waals surface area contributed by atoms with E-state index in [-0.39, 0.29) is 6.29 Å². The zero-order chi connectivity index (χ0) is 15.6. The summed E-state index contributed by atoms with van der Waals surface area (Å²) in [5.41, 5.74) is 1.14. The number of hydrogen-bond acceptors (Lipinski definition) is 5. The van der Waals surface area contributed by atoms with Gasteiger partial charge >= 0.3 is 0 Å². The molecule has 0 bridgehead atoms. The number of fused-ring (bicyclic) bond motifs is 1. The monoisotopic (exact) mass is 309 g/mol. The third kappa shape index (κ3) is 5.16. The van der Waals surface area contributed by atoms with Gasteiger partial charge in [0.25, 0.3) is 0 Å². The highest BCUT2D eigenvalue weighted by molar-refractivity contribution is 5.47. The smallest absolute Gasteiger partial charge is 0.165 e. The van der Waals surface area contributed by atoms with Crippen LogP contribution in [0.15, 0.2) is 18.2 Å². The molecule has 124 valence electrons. The second-order valence-corrected chi connectivity index (χ2v) is 5.10. The number of rotatable bonds is 10. The van der Waals surface area contributed by atoms with Gasteiger partial charge in [0, 0.05) is 25.3 Å². The van der Waals surface area contributed by atoms with E-state index in [4.69, 9.17) is 18.9 Å². The Balaban J connectivity index is 1.70. The molecule has 0 fully saturated rings. The van der Waals surface area contributed by atoms with Crippen LogP contribution in [-0.4, -0.2) is 39.3 Å². The standard InChI is InChI=1S/C17H27NO4/c1-3-19-16(20-4-2)9-6-10-18-13-14-7-5-8-15-17(14)22-12-11-21-15/h5,7-8,16,18H,3-4,6,9-13H2,1-2H3. The number of benzene rings is 1. The molecule has 1 aromatic rings. The van der Waals surface area contributed by atoms with Gasteiger partial charge in [-0.25, -0.2) is 0 Å². The third-order valence-corrected chi connectivity index (χ3v) is 3.46. The molecule has 1 aromatic carbocycles. The minimum atomic E-state index is -0.0852. The molecule has 5 heteroatoms. The molecule has 0 aromatic heterocycles. The van der Waals surface area contributed by atoms with Gasteiger partial charge in [-0.3, -0.25) is 0 Å². The first kappa shape index (κ1) is 17.1. The van der Waals surface area contributed by atoms with Gasteiger partial charge in [0.1, 0.15) is 13.2 Å². The second-order valence-electron chi connectivity index (χ2n) is 5.10. The number of nitrogens with one attached hydrogen (secondary N) is 1. The van der Waals surface area contributed by atoms with E-state index in [1.54, 1.807) is 0 Å². The zero-order valence-electron chi connectivity index (χ0n) is 13.6. The van der Waals surface area contributed by atoms with E-state index in [1.807, 2.05) is 26.0 Å². The molecule has 1 aliphatic heterocycles. The quantitative estimate of drug-likeness (QED) is 0.532. The van der Waals surface area contributed by atoms with Crippen molar-refractivity contribution in [1.82, 2.24) is 5.32 Å². The highest BCUT2D eigenvalue weighted by Gasteiger charge is 2.15. The van der Waals surface area contributed by atoms with Crippen molar-refractivity contribution >= 4 is 0 Å². The Kier molecular flexibility index (Phi) is 7.49. The van der Waals surface area contributed by atoms with Crippen molar-refractivity contribution < 1.29 is 18.9 Å². The Morgan fingerprint density at radius 1 is 1.14 bits per heavy atom. The van der Waals surface area contributed by atoms with Crippen LogP contribution in [0.2, 0.25) is 0 Å². The van der Waals surface area contributed by atoms with Gasteiger partial charge in [-0.05, 0) is 39.3 Å². The van der Waals surface area contributed by atoms with Crippen LogP contribution in [0.1, 0.15) is 32.3 Å². The zero-order valence-corrected chi connectivity index (χ0v) is 13.6. The van der Waals surface area contributed by atoms with E-state index in [0.717, 1.165) is 43.0 Å². The van der Waals surface area contributed by atoms with Gasteiger partial charge in [-0.1, -0.05) is 12.1 Å². The molecule has 2 rings (SSSR count). The highest BCUT2D eigenvalue weighted by atomic mass is 16.7. The molecule has 0 saturated heterocycles.